The van der Waals surface area contributed by atoms with E-state index in [2.05, 4.69) is 32.5 Å². The molecule has 0 unspecified atom stereocenters. The molecule has 0 spiro atoms. The number of rotatable bonds is 3. The Labute approximate surface area is 165 Å². The molecular weight excluding hydrogens is 362 g/mol. The van der Waals surface area contributed by atoms with Gasteiger partial charge in [-0.3, -0.25) is 9.59 Å². The van der Waals surface area contributed by atoms with Crippen molar-refractivity contribution in [1.29, 1.82) is 0 Å². The van der Waals surface area contributed by atoms with Crippen molar-refractivity contribution in [2.24, 2.45) is 5.41 Å². The molecule has 4 heterocycles. The van der Waals surface area contributed by atoms with Gasteiger partial charge in [-0.15, -0.1) is 0 Å². The lowest BCUT2D eigenvalue weighted by atomic mass is 9.70. The SMILES string of the molecule is CC[C@@]1(C(=O)N2CCCN(C)CC2)C[C@@H]2CC[C@H]1N2C(=O)c1nsnc1C. The molecule has 1 aromatic heterocycles. The van der Waals surface area contributed by atoms with Gasteiger partial charge in [-0.05, 0) is 52.6 Å². The van der Waals surface area contributed by atoms with Crippen molar-refractivity contribution in [3.8, 4) is 0 Å². The molecule has 3 fully saturated rings. The minimum atomic E-state index is -0.432. The van der Waals surface area contributed by atoms with Gasteiger partial charge in [0.25, 0.3) is 5.91 Å². The predicted octanol–water partition coefficient (Wildman–Crippen LogP) is 1.78. The molecule has 8 heteroatoms. The molecule has 0 radical (unpaired) electrons. The summed E-state index contributed by atoms with van der Waals surface area (Å²) in [6.07, 6.45) is 4.51. The Morgan fingerprint density at radius 3 is 2.70 bits per heavy atom. The largest absolute Gasteiger partial charge is 0.341 e. The predicted molar refractivity (Wildman–Crippen MR) is 104 cm³/mol. The van der Waals surface area contributed by atoms with Crippen LogP contribution >= 0.6 is 11.7 Å². The summed E-state index contributed by atoms with van der Waals surface area (Å²) >= 11 is 1.09. The highest BCUT2D eigenvalue weighted by atomic mass is 32.1. The maximum absolute atomic E-state index is 13.7. The van der Waals surface area contributed by atoms with E-state index in [0.717, 1.165) is 70.0 Å². The second kappa shape index (κ2) is 7.13. The van der Waals surface area contributed by atoms with E-state index >= 15 is 0 Å². The summed E-state index contributed by atoms with van der Waals surface area (Å²) in [6, 6.07) is 0.150. The fraction of sp³-hybridized carbons (Fsp3) is 0.789. The number of carbonyl (C=O) groups is 2. The molecule has 1 aromatic rings. The first-order valence-corrected chi connectivity index (χ1v) is 10.8. The van der Waals surface area contributed by atoms with Crippen LogP contribution in [0.3, 0.4) is 0 Å². The second-order valence-electron chi connectivity index (χ2n) is 8.32. The van der Waals surface area contributed by atoms with Crippen LogP contribution in [0.4, 0.5) is 0 Å². The Hall–Kier alpha value is -1.54. The molecule has 0 aromatic carbocycles. The number of carbonyl (C=O) groups excluding carboxylic acids is 2. The molecule has 0 saturated carbocycles. The number of hydrogen-bond donors (Lipinski definition) is 0. The minimum Gasteiger partial charge on any atom is -0.341 e. The van der Waals surface area contributed by atoms with E-state index in [4.69, 9.17) is 0 Å². The third-order valence-electron chi connectivity index (χ3n) is 6.89. The van der Waals surface area contributed by atoms with Crippen LogP contribution in [0.1, 0.15) is 55.2 Å². The maximum Gasteiger partial charge on any atom is 0.276 e. The molecule has 2 amide bonds. The summed E-state index contributed by atoms with van der Waals surface area (Å²) in [6.45, 7) is 7.52. The van der Waals surface area contributed by atoms with Gasteiger partial charge in [0.05, 0.1) is 22.8 Å². The van der Waals surface area contributed by atoms with Crippen molar-refractivity contribution < 1.29 is 9.59 Å². The average Bonchev–Trinajstić information content (AvgIpc) is 3.32. The van der Waals surface area contributed by atoms with Crippen molar-refractivity contribution in [1.82, 2.24) is 23.4 Å². The molecule has 2 bridgehead atoms. The summed E-state index contributed by atoms with van der Waals surface area (Å²) in [5.74, 6) is 0.228. The maximum atomic E-state index is 13.7. The second-order valence-corrected chi connectivity index (χ2v) is 8.85. The zero-order valence-electron chi connectivity index (χ0n) is 16.5. The van der Waals surface area contributed by atoms with Crippen LogP contribution in [0, 0.1) is 12.3 Å². The topological polar surface area (TPSA) is 69.6 Å². The normalized spacial score (nSPS) is 31.4. The van der Waals surface area contributed by atoms with Gasteiger partial charge in [-0.25, -0.2) is 0 Å². The van der Waals surface area contributed by atoms with E-state index in [-0.39, 0.29) is 23.9 Å². The molecule has 7 nitrogen and oxygen atoms in total. The Morgan fingerprint density at radius 1 is 1.19 bits per heavy atom. The third kappa shape index (κ3) is 2.97. The lowest BCUT2D eigenvalue weighted by molar-refractivity contribution is -0.144. The number of amides is 2. The smallest absolute Gasteiger partial charge is 0.276 e. The minimum absolute atomic E-state index is 0.00502. The summed E-state index contributed by atoms with van der Waals surface area (Å²) in [5.41, 5.74) is 0.728. The molecule has 3 saturated heterocycles. The fourth-order valence-electron chi connectivity index (χ4n) is 5.36. The van der Waals surface area contributed by atoms with Crippen molar-refractivity contribution in [2.45, 2.75) is 58.0 Å². The number of hydrogen-bond acceptors (Lipinski definition) is 6. The first-order valence-electron chi connectivity index (χ1n) is 10.1. The highest BCUT2D eigenvalue weighted by Crippen LogP contribution is 2.53. The monoisotopic (exact) mass is 391 g/mol. The van der Waals surface area contributed by atoms with E-state index in [9.17, 15) is 9.59 Å². The molecule has 148 valence electrons. The standard InChI is InChI=1S/C19H29N5O2S/c1-4-19(18(26)23-9-5-8-22(3)10-11-23)12-14-6-7-15(19)24(14)17(25)16-13(2)20-27-21-16/h14-15H,4-12H2,1-3H3/t14-,15+,19+/m0/s1. The van der Waals surface area contributed by atoms with Crippen LogP contribution < -0.4 is 0 Å². The van der Waals surface area contributed by atoms with E-state index in [1.807, 2.05) is 11.8 Å². The quantitative estimate of drug-likeness (QED) is 0.786. The molecule has 3 atom stereocenters. The highest BCUT2D eigenvalue weighted by molar-refractivity contribution is 6.99. The summed E-state index contributed by atoms with van der Waals surface area (Å²) < 4.78 is 8.39. The van der Waals surface area contributed by atoms with E-state index in [1.54, 1.807) is 0 Å². The summed E-state index contributed by atoms with van der Waals surface area (Å²) in [7, 11) is 2.12. The van der Waals surface area contributed by atoms with Gasteiger partial charge < -0.3 is 14.7 Å². The molecular formula is C19H29N5O2S. The fourth-order valence-corrected chi connectivity index (χ4v) is 5.90. The van der Waals surface area contributed by atoms with E-state index in [1.165, 1.54) is 0 Å². The molecule has 3 aliphatic heterocycles. The number of aromatic nitrogens is 2. The zero-order valence-corrected chi connectivity index (χ0v) is 17.3. The zero-order chi connectivity index (χ0) is 19.2. The van der Waals surface area contributed by atoms with Gasteiger partial charge >= 0.3 is 0 Å². The summed E-state index contributed by atoms with van der Waals surface area (Å²) in [5, 5.41) is 0. The van der Waals surface area contributed by atoms with E-state index in [0.29, 0.717) is 11.4 Å². The Bertz CT molecular complexity index is 737. The molecule has 3 aliphatic rings. The van der Waals surface area contributed by atoms with Crippen LogP contribution in [-0.2, 0) is 4.79 Å². The average molecular weight is 392 g/mol. The first-order chi connectivity index (χ1) is 13.0. The van der Waals surface area contributed by atoms with Gasteiger partial charge in [0.1, 0.15) is 0 Å². The van der Waals surface area contributed by atoms with Gasteiger partial charge in [-0.2, -0.15) is 8.75 Å². The van der Waals surface area contributed by atoms with Crippen LogP contribution in [0.15, 0.2) is 0 Å². The number of aryl methyl sites for hydroxylation is 1. The van der Waals surface area contributed by atoms with Crippen molar-refractivity contribution in [2.75, 3.05) is 33.2 Å². The van der Waals surface area contributed by atoms with Crippen molar-refractivity contribution in [3.63, 3.8) is 0 Å². The van der Waals surface area contributed by atoms with Gasteiger partial charge in [0.15, 0.2) is 5.69 Å². The molecule has 4 rings (SSSR count). The lowest BCUT2D eigenvalue weighted by Crippen LogP contribution is -2.52. The van der Waals surface area contributed by atoms with Crippen LogP contribution in [0.5, 0.6) is 0 Å². The number of likely N-dealkylation sites (N-methyl/N-ethyl adjacent to an activating group) is 1. The van der Waals surface area contributed by atoms with Gasteiger partial charge in [0, 0.05) is 31.7 Å². The first kappa shape index (κ1) is 18.8. The highest BCUT2D eigenvalue weighted by Gasteiger charge is 2.61. The van der Waals surface area contributed by atoms with Gasteiger partial charge in [0.2, 0.25) is 5.91 Å². The Kier molecular flexibility index (Phi) is 4.96. The van der Waals surface area contributed by atoms with Gasteiger partial charge in [-0.1, -0.05) is 6.92 Å². The van der Waals surface area contributed by atoms with Crippen LogP contribution in [0.25, 0.3) is 0 Å². The van der Waals surface area contributed by atoms with Crippen molar-refractivity contribution >= 4 is 23.5 Å². The third-order valence-corrected chi connectivity index (χ3v) is 7.51. The van der Waals surface area contributed by atoms with E-state index < -0.39 is 5.41 Å². The lowest BCUT2D eigenvalue weighted by Gasteiger charge is -2.39. The Morgan fingerprint density at radius 2 is 2.00 bits per heavy atom. The molecule has 27 heavy (non-hydrogen) atoms. The van der Waals surface area contributed by atoms with Crippen LogP contribution in [0.2, 0.25) is 0 Å². The summed E-state index contributed by atoms with van der Waals surface area (Å²) in [4.78, 5) is 33.2. The number of nitrogens with zero attached hydrogens (tertiary/aromatic N) is 5. The Balaban J connectivity index is 1.59. The molecule has 0 N–H and O–H groups in total. The van der Waals surface area contributed by atoms with Crippen molar-refractivity contribution in [3.05, 3.63) is 11.4 Å². The number of fused-ring (bicyclic) bond motifs is 2. The van der Waals surface area contributed by atoms with Crippen LogP contribution in [-0.4, -0.2) is 80.6 Å². The molecule has 0 aliphatic carbocycles.